The average molecular weight is 213 g/mol. The molecule has 5 nitrogen and oxygen atoms in total. The fourth-order valence-electron chi connectivity index (χ4n) is 1.48. The molecule has 80 valence electrons. The van der Waals surface area contributed by atoms with Gasteiger partial charge in [-0.25, -0.2) is 4.68 Å². The third-order valence-electron chi connectivity index (χ3n) is 2.20. The Bertz CT molecular complexity index is 523. The quantitative estimate of drug-likeness (QED) is 0.821. The second kappa shape index (κ2) is 4.55. The van der Waals surface area contributed by atoms with Gasteiger partial charge in [0, 0.05) is 6.54 Å². The summed E-state index contributed by atoms with van der Waals surface area (Å²) in [5, 5.41) is 19.7. The minimum absolute atomic E-state index is 0.614. The van der Waals surface area contributed by atoms with Gasteiger partial charge in [0.1, 0.15) is 0 Å². The van der Waals surface area contributed by atoms with Crippen LogP contribution in [-0.4, -0.2) is 22.0 Å². The van der Waals surface area contributed by atoms with Crippen molar-refractivity contribution in [3.8, 4) is 11.8 Å². The van der Waals surface area contributed by atoms with Crippen LogP contribution in [0.1, 0.15) is 11.3 Å². The van der Waals surface area contributed by atoms with Crippen molar-refractivity contribution in [2.24, 2.45) is 0 Å². The second-order valence-electron chi connectivity index (χ2n) is 3.33. The maximum Gasteiger partial charge on any atom is 0.0992 e. The van der Waals surface area contributed by atoms with E-state index in [1.165, 1.54) is 0 Å². The van der Waals surface area contributed by atoms with Crippen LogP contribution in [0.2, 0.25) is 0 Å². The smallest absolute Gasteiger partial charge is 0.0992 e. The SMILES string of the molecule is CNCc1cnnn1-c1cccc(C#N)c1. The minimum Gasteiger partial charge on any atom is -0.314 e. The second-order valence-corrected chi connectivity index (χ2v) is 3.33. The standard InChI is InChI=1S/C11H11N5/c1-13-7-11-8-14-15-16(11)10-4-2-3-9(5-10)6-12/h2-5,8,13H,7H2,1H3. The van der Waals surface area contributed by atoms with Crippen molar-refractivity contribution in [3.05, 3.63) is 41.7 Å². The summed E-state index contributed by atoms with van der Waals surface area (Å²) in [5.74, 6) is 0. The van der Waals surface area contributed by atoms with Crippen LogP contribution in [0, 0.1) is 11.3 Å². The number of nitrogens with zero attached hydrogens (tertiary/aromatic N) is 4. The van der Waals surface area contributed by atoms with Gasteiger partial charge in [0.25, 0.3) is 0 Å². The molecule has 0 saturated carbocycles. The summed E-state index contributed by atoms with van der Waals surface area (Å²) >= 11 is 0. The molecule has 2 rings (SSSR count). The number of nitriles is 1. The highest BCUT2D eigenvalue weighted by atomic mass is 15.4. The van der Waals surface area contributed by atoms with Crippen molar-refractivity contribution in [3.63, 3.8) is 0 Å². The lowest BCUT2D eigenvalue weighted by Crippen LogP contribution is -2.11. The highest BCUT2D eigenvalue weighted by Crippen LogP contribution is 2.11. The zero-order valence-electron chi connectivity index (χ0n) is 8.88. The number of hydrogen-bond acceptors (Lipinski definition) is 4. The van der Waals surface area contributed by atoms with E-state index in [4.69, 9.17) is 5.26 Å². The maximum atomic E-state index is 8.82. The number of rotatable bonds is 3. The Morgan fingerprint density at radius 1 is 1.50 bits per heavy atom. The third-order valence-corrected chi connectivity index (χ3v) is 2.20. The summed E-state index contributed by atoms with van der Waals surface area (Å²) < 4.78 is 1.72. The molecule has 0 fully saturated rings. The Morgan fingerprint density at radius 3 is 3.12 bits per heavy atom. The molecule has 0 aliphatic carbocycles. The molecule has 0 atom stereocenters. The van der Waals surface area contributed by atoms with E-state index in [1.54, 1.807) is 23.0 Å². The Labute approximate surface area is 93.3 Å². The molecular formula is C11H11N5. The molecule has 0 spiro atoms. The Balaban J connectivity index is 2.42. The number of nitrogens with one attached hydrogen (secondary N) is 1. The van der Waals surface area contributed by atoms with Crippen LogP contribution in [0.4, 0.5) is 0 Å². The molecule has 1 heterocycles. The lowest BCUT2D eigenvalue weighted by Gasteiger charge is -2.05. The molecule has 2 aromatic rings. The van der Waals surface area contributed by atoms with Crippen molar-refractivity contribution in [2.45, 2.75) is 6.54 Å². The first-order valence-corrected chi connectivity index (χ1v) is 4.90. The Morgan fingerprint density at radius 2 is 2.38 bits per heavy atom. The van der Waals surface area contributed by atoms with E-state index >= 15 is 0 Å². The van der Waals surface area contributed by atoms with Gasteiger partial charge in [-0.3, -0.25) is 0 Å². The molecule has 1 aromatic heterocycles. The Hall–Kier alpha value is -2.19. The maximum absolute atomic E-state index is 8.82. The molecular weight excluding hydrogens is 202 g/mol. The summed E-state index contributed by atoms with van der Waals surface area (Å²) in [6.45, 7) is 0.684. The van der Waals surface area contributed by atoms with Crippen molar-refractivity contribution >= 4 is 0 Å². The molecule has 5 heteroatoms. The van der Waals surface area contributed by atoms with E-state index in [-0.39, 0.29) is 0 Å². The van der Waals surface area contributed by atoms with Crippen molar-refractivity contribution in [2.75, 3.05) is 7.05 Å². The van der Waals surface area contributed by atoms with Crippen LogP contribution < -0.4 is 5.32 Å². The van der Waals surface area contributed by atoms with Crippen LogP contribution in [0.3, 0.4) is 0 Å². The van der Waals surface area contributed by atoms with E-state index in [9.17, 15) is 0 Å². The van der Waals surface area contributed by atoms with E-state index in [2.05, 4.69) is 21.7 Å². The van der Waals surface area contributed by atoms with E-state index in [0.29, 0.717) is 12.1 Å². The number of hydrogen-bond donors (Lipinski definition) is 1. The largest absolute Gasteiger partial charge is 0.314 e. The monoisotopic (exact) mass is 213 g/mol. The van der Waals surface area contributed by atoms with Gasteiger partial charge < -0.3 is 5.32 Å². The van der Waals surface area contributed by atoms with Crippen LogP contribution in [0.25, 0.3) is 5.69 Å². The third kappa shape index (κ3) is 1.92. The molecule has 0 bridgehead atoms. The summed E-state index contributed by atoms with van der Waals surface area (Å²) in [7, 11) is 1.86. The predicted octanol–water partition coefficient (Wildman–Crippen LogP) is 0.858. The molecule has 0 aliphatic rings. The summed E-state index contributed by atoms with van der Waals surface area (Å²) in [6.07, 6.45) is 1.70. The van der Waals surface area contributed by atoms with Crippen LogP contribution in [0.15, 0.2) is 30.5 Å². The van der Waals surface area contributed by atoms with E-state index in [1.807, 2.05) is 19.2 Å². The first-order valence-electron chi connectivity index (χ1n) is 4.90. The zero-order valence-corrected chi connectivity index (χ0v) is 8.88. The van der Waals surface area contributed by atoms with Gasteiger partial charge in [0.2, 0.25) is 0 Å². The van der Waals surface area contributed by atoms with E-state index < -0.39 is 0 Å². The van der Waals surface area contributed by atoms with Gasteiger partial charge in [-0.15, -0.1) is 5.10 Å². The fraction of sp³-hybridized carbons (Fsp3) is 0.182. The van der Waals surface area contributed by atoms with Crippen molar-refractivity contribution < 1.29 is 0 Å². The van der Waals surface area contributed by atoms with Crippen molar-refractivity contribution in [1.82, 2.24) is 20.3 Å². The number of aromatic nitrogens is 3. The number of benzene rings is 1. The minimum atomic E-state index is 0.614. The lowest BCUT2D eigenvalue weighted by molar-refractivity contribution is 0.714. The summed E-state index contributed by atoms with van der Waals surface area (Å²) in [6, 6.07) is 9.38. The molecule has 1 N–H and O–H groups in total. The zero-order chi connectivity index (χ0) is 11.4. The first kappa shape index (κ1) is 10.3. The van der Waals surface area contributed by atoms with Gasteiger partial charge in [0.05, 0.1) is 29.2 Å². The Kier molecular flexibility index (Phi) is 2.94. The van der Waals surface area contributed by atoms with Crippen LogP contribution in [0.5, 0.6) is 0 Å². The lowest BCUT2D eigenvalue weighted by atomic mass is 10.2. The molecule has 1 aromatic carbocycles. The molecule has 0 aliphatic heterocycles. The first-order chi connectivity index (χ1) is 7.85. The molecule has 0 amide bonds. The molecule has 16 heavy (non-hydrogen) atoms. The topological polar surface area (TPSA) is 66.5 Å². The van der Waals surface area contributed by atoms with Crippen LogP contribution in [-0.2, 0) is 6.54 Å². The van der Waals surface area contributed by atoms with Gasteiger partial charge in [-0.1, -0.05) is 11.3 Å². The molecule has 0 radical (unpaired) electrons. The van der Waals surface area contributed by atoms with Gasteiger partial charge in [0.15, 0.2) is 0 Å². The van der Waals surface area contributed by atoms with Gasteiger partial charge >= 0.3 is 0 Å². The van der Waals surface area contributed by atoms with Gasteiger partial charge in [-0.2, -0.15) is 5.26 Å². The normalized spacial score (nSPS) is 10.0. The highest BCUT2D eigenvalue weighted by Gasteiger charge is 2.05. The predicted molar refractivity (Wildman–Crippen MR) is 58.8 cm³/mol. The van der Waals surface area contributed by atoms with E-state index in [0.717, 1.165) is 11.4 Å². The highest BCUT2D eigenvalue weighted by molar-refractivity contribution is 5.41. The fourth-order valence-corrected chi connectivity index (χ4v) is 1.48. The van der Waals surface area contributed by atoms with Crippen molar-refractivity contribution in [1.29, 1.82) is 5.26 Å². The summed E-state index contributed by atoms with van der Waals surface area (Å²) in [5.41, 5.74) is 2.42. The average Bonchev–Trinajstić information content (AvgIpc) is 2.78. The molecule has 0 unspecified atom stereocenters. The van der Waals surface area contributed by atoms with Crippen LogP contribution >= 0.6 is 0 Å². The summed E-state index contributed by atoms with van der Waals surface area (Å²) in [4.78, 5) is 0. The molecule has 0 saturated heterocycles. The van der Waals surface area contributed by atoms with Gasteiger partial charge in [-0.05, 0) is 25.2 Å².